The van der Waals surface area contributed by atoms with Crippen molar-refractivity contribution in [2.24, 2.45) is 5.73 Å². The molecular weight excluding hydrogens is 276 g/mol. The summed E-state index contributed by atoms with van der Waals surface area (Å²) in [6.07, 6.45) is 2.96. The molecule has 0 aromatic carbocycles. The fourth-order valence-electron chi connectivity index (χ4n) is 2.33. The molecule has 1 fully saturated rings. The van der Waals surface area contributed by atoms with Gasteiger partial charge in [0, 0.05) is 25.1 Å². The monoisotopic (exact) mass is 292 g/mol. The summed E-state index contributed by atoms with van der Waals surface area (Å²) in [5, 5.41) is 6.44. The normalized spacial score (nSPS) is 14.7. The third kappa shape index (κ3) is 2.38. The predicted molar refractivity (Wildman–Crippen MR) is 80.1 cm³/mol. The number of nitrogens with one attached hydrogen (secondary N) is 1. The molecule has 0 aliphatic heterocycles. The van der Waals surface area contributed by atoms with Gasteiger partial charge in [0.2, 0.25) is 0 Å². The number of aryl methyl sites for hydroxylation is 1. The van der Waals surface area contributed by atoms with E-state index in [4.69, 9.17) is 18.0 Å². The fourth-order valence-corrected chi connectivity index (χ4v) is 2.42. The molecule has 1 aliphatic rings. The molecule has 8 heteroatoms. The van der Waals surface area contributed by atoms with Gasteiger partial charge in [-0.05, 0) is 19.8 Å². The van der Waals surface area contributed by atoms with Crippen LogP contribution in [0, 0.1) is 6.92 Å². The van der Waals surface area contributed by atoms with Gasteiger partial charge in [-0.1, -0.05) is 12.2 Å². The second kappa shape index (κ2) is 4.86. The van der Waals surface area contributed by atoms with E-state index in [2.05, 4.69) is 20.1 Å². The molecule has 0 unspecified atom stereocenters. The number of H-pyrrole nitrogens is 1. The Morgan fingerprint density at radius 2 is 2.40 bits per heavy atom. The first-order valence-corrected chi connectivity index (χ1v) is 6.97. The summed E-state index contributed by atoms with van der Waals surface area (Å²) < 4.78 is 1.46. The van der Waals surface area contributed by atoms with Crippen molar-refractivity contribution in [3.8, 4) is 0 Å². The lowest BCUT2D eigenvalue weighted by atomic mass is 10.3. The summed E-state index contributed by atoms with van der Waals surface area (Å²) >= 11 is 4.94. The van der Waals surface area contributed by atoms with Gasteiger partial charge in [0.05, 0.1) is 4.99 Å². The van der Waals surface area contributed by atoms with Crippen LogP contribution >= 0.6 is 12.2 Å². The Morgan fingerprint density at radius 3 is 3.05 bits per heavy atom. The third-order valence-electron chi connectivity index (χ3n) is 3.44. The number of thiocarbonyl (C=S) groups is 1. The molecule has 2 heterocycles. The number of nitrogens with two attached hydrogens (primary N) is 1. The maximum absolute atomic E-state index is 11.6. The van der Waals surface area contributed by atoms with Crippen LogP contribution in [0.5, 0.6) is 0 Å². The van der Waals surface area contributed by atoms with E-state index in [1.54, 1.807) is 6.92 Å². The van der Waals surface area contributed by atoms with Crippen molar-refractivity contribution >= 4 is 28.7 Å². The Balaban J connectivity index is 1.98. The molecule has 0 radical (unpaired) electrons. The van der Waals surface area contributed by atoms with Gasteiger partial charge in [-0.2, -0.15) is 5.10 Å². The molecule has 0 atom stereocenters. The topological polar surface area (TPSA) is 92.3 Å². The van der Waals surface area contributed by atoms with Crippen molar-refractivity contribution in [1.82, 2.24) is 19.6 Å². The third-order valence-corrected chi connectivity index (χ3v) is 3.64. The van der Waals surface area contributed by atoms with Gasteiger partial charge in [-0.3, -0.25) is 0 Å². The van der Waals surface area contributed by atoms with E-state index < -0.39 is 0 Å². The first-order valence-electron chi connectivity index (χ1n) is 6.56. The highest BCUT2D eigenvalue weighted by Crippen LogP contribution is 2.31. The Bertz CT molecular complexity index is 716. The predicted octanol–water partition coefficient (Wildman–Crippen LogP) is 0.371. The molecule has 1 saturated carbocycles. The molecule has 0 amide bonds. The Morgan fingerprint density at radius 1 is 1.65 bits per heavy atom. The molecule has 0 spiro atoms. The lowest BCUT2D eigenvalue weighted by Crippen LogP contribution is -2.31. The first-order chi connectivity index (χ1) is 9.56. The van der Waals surface area contributed by atoms with Crippen LogP contribution in [0.3, 0.4) is 0 Å². The molecule has 106 valence electrons. The molecule has 0 saturated heterocycles. The highest BCUT2D eigenvalue weighted by atomic mass is 32.1. The van der Waals surface area contributed by atoms with Crippen molar-refractivity contribution in [3.05, 3.63) is 22.4 Å². The van der Waals surface area contributed by atoms with Crippen LogP contribution in [0.15, 0.2) is 10.9 Å². The van der Waals surface area contributed by atoms with Crippen LogP contribution in [0.25, 0.3) is 5.65 Å². The number of anilines is 1. The SMILES string of the molecule is Cc1nc(N(CCC(N)=S)C2CC2)cc2n[nH]c(=O)n12. The molecule has 3 rings (SSSR count). The zero-order valence-corrected chi connectivity index (χ0v) is 12.0. The van der Waals surface area contributed by atoms with Gasteiger partial charge >= 0.3 is 5.69 Å². The quantitative estimate of drug-likeness (QED) is 0.774. The van der Waals surface area contributed by atoms with E-state index >= 15 is 0 Å². The van der Waals surface area contributed by atoms with Gasteiger partial charge in [-0.25, -0.2) is 19.3 Å². The van der Waals surface area contributed by atoms with E-state index in [0.29, 0.717) is 28.9 Å². The van der Waals surface area contributed by atoms with Crippen molar-refractivity contribution in [3.63, 3.8) is 0 Å². The zero-order valence-electron chi connectivity index (χ0n) is 11.2. The maximum Gasteiger partial charge on any atom is 0.349 e. The standard InChI is InChI=1S/C12H16N6OS/c1-7-14-10(6-11-15-16-12(19)18(7)11)17(8-2-3-8)5-4-9(13)20/h6,8H,2-5H2,1H3,(H2,13,20)(H,16,19). The van der Waals surface area contributed by atoms with Crippen molar-refractivity contribution in [2.75, 3.05) is 11.4 Å². The molecule has 1 aliphatic carbocycles. The van der Waals surface area contributed by atoms with Crippen molar-refractivity contribution < 1.29 is 0 Å². The van der Waals surface area contributed by atoms with Crippen LogP contribution in [0.2, 0.25) is 0 Å². The Kier molecular flexibility index (Phi) is 3.17. The summed E-state index contributed by atoms with van der Waals surface area (Å²) in [6.45, 7) is 2.54. The molecule has 0 bridgehead atoms. The van der Waals surface area contributed by atoms with Crippen LogP contribution in [0.4, 0.5) is 5.82 Å². The number of aromatic nitrogens is 4. The summed E-state index contributed by atoms with van der Waals surface area (Å²) in [7, 11) is 0. The number of nitrogens with zero attached hydrogens (tertiary/aromatic N) is 4. The summed E-state index contributed by atoms with van der Waals surface area (Å²) in [4.78, 5) is 18.8. The maximum atomic E-state index is 11.6. The average molecular weight is 292 g/mol. The number of hydrogen-bond acceptors (Lipinski definition) is 5. The zero-order chi connectivity index (χ0) is 14.3. The first kappa shape index (κ1) is 13.0. The highest BCUT2D eigenvalue weighted by molar-refractivity contribution is 7.80. The lowest BCUT2D eigenvalue weighted by Gasteiger charge is -2.23. The van der Waals surface area contributed by atoms with Crippen LogP contribution in [-0.4, -0.2) is 37.2 Å². The lowest BCUT2D eigenvalue weighted by molar-refractivity contribution is 0.775. The van der Waals surface area contributed by atoms with E-state index in [0.717, 1.165) is 25.2 Å². The summed E-state index contributed by atoms with van der Waals surface area (Å²) in [6, 6.07) is 2.31. The minimum atomic E-state index is -0.266. The minimum Gasteiger partial charge on any atom is -0.393 e. The van der Waals surface area contributed by atoms with Crippen LogP contribution < -0.4 is 16.3 Å². The second-order valence-electron chi connectivity index (χ2n) is 5.02. The van der Waals surface area contributed by atoms with Gasteiger partial charge in [0.15, 0.2) is 5.65 Å². The van der Waals surface area contributed by atoms with Gasteiger partial charge in [-0.15, -0.1) is 0 Å². The number of hydrogen-bond donors (Lipinski definition) is 2. The number of aromatic amines is 1. The van der Waals surface area contributed by atoms with E-state index in [1.165, 1.54) is 4.40 Å². The highest BCUT2D eigenvalue weighted by Gasteiger charge is 2.30. The van der Waals surface area contributed by atoms with E-state index in [1.807, 2.05) is 6.07 Å². The minimum absolute atomic E-state index is 0.266. The number of fused-ring (bicyclic) bond motifs is 1. The molecular formula is C12H16N6OS. The summed E-state index contributed by atoms with van der Waals surface area (Å²) in [5.74, 6) is 1.45. The molecule has 3 N–H and O–H groups in total. The van der Waals surface area contributed by atoms with Gasteiger partial charge < -0.3 is 10.6 Å². The van der Waals surface area contributed by atoms with Crippen molar-refractivity contribution in [2.45, 2.75) is 32.2 Å². The molecule has 2 aromatic rings. The second-order valence-corrected chi connectivity index (χ2v) is 5.55. The molecule has 7 nitrogen and oxygen atoms in total. The van der Waals surface area contributed by atoms with Gasteiger partial charge in [0.25, 0.3) is 0 Å². The smallest absolute Gasteiger partial charge is 0.349 e. The van der Waals surface area contributed by atoms with E-state index in [9.17, 15) is 4.79 Å². The largest absolute Gasteiger partial charge is 0.393 e. The Hall–Kier alpha value is -1.96. The summed E-state index contributed by atoms with van der Waals surface area (Å²) in [5.41, 5.74) is 5.90. The van der Waals surface area contributed by atoms with Gasteiger partial charge in [0.1, 0.15) is 11.6 Å². The molecule has 2 aromatic heterocycles. The average Bonchev–Trinajstić information content (AvgIpc) is 3.14. The van der Waals surface area contributed by atoms with Crippen LogP contribution in [-0.2, 0) is 0 Å². The van der Waals surface area contributed by atoms with Crippen LogP contribution in [0.1, 0.15) is 25.1 Å². The fraction of sp³-hybridized carbons (Fsp3) is 0.500. The Labute approximate surface area is 120 Å². The number of rotatable bonds is 5. The van der Waals surface area contributed by atoms with Crippen molar-refractivity contribution in [1.29, 1.82) is 0 Å². The van der Waals surface area contributed by atoms with E-state index in [-0.39, 0.29) is 5.69 Å². The molecule has 20 heavy (non-hydrogen) atoms.